The first-order chi connectivity index (χ1) is 51.8. The first-order valence-corrected chi connectivity index (χ1v) is 41.4. The maximum atomic E-state index is 13.1. The number of rotatable bonds is 24. The van der Waals surface area contributed by atoms with Gasteiger partial charge in [0.25, 0.3) is 0 Å². The van der Waals surface area contributed by atoms with E-state index in [-0.39, 0.29) is 62.9 Å². The number of hydrogen-bond acceptors (Lipinski definition) is 15. The lowest BCUT2D eigenvalue weighted by Crippen LogP contribution is -2.28. The SMILES string of the molecule is CCC(NS(=O)(=O)c1ccc2cnccc2c1)c1ccc(C)cc1.CCC(NS(=O)(=O)c1ccc2cnccc2c1)c1ccc(CO)cc1.CCC(NS(=O)(=O)c1ccc2cnccc2c1)c1ccc(COC(=O)c2ccc(C)cc2C)cc1.CCC(NS(=O)(=O)c1ccc2cnccc2c1)c1ccc(Cl)cc1. The average molecular weight is 1550 g/mol. The summed E-state index contributed by atoms with van der Waals surface area (Å²) < 4.78 is 119. The Morgan fingerprint density at radius 3 is 0.972 bits per heavy atom. The number of aryl methyl sites for hydroxylation is 3. The molecule has 13 aromatic rings. The van der Waals surface area contributed by atoms with Gasteiger partial charge in [-0.05, 0) is 198 Å². The molecule has 0 aliphatic carbocycles. The van der Waals surface area contributed by atoms with Crippen molar-refractivity contribution in [3.05, 3.63) is 323 Å². The van der Waals surface area contributed by atoms with E-state index in [9.17, 15) is 38.5 Å². The van der Waals surface area contributed by atoms with Gasteiger partial charge in [-0.1, -0.05) is 172 Å². The van der Waals surface area contributed by atoms with E-state index in [4.69, 9.17) is 21.4 Å². The predicted molar refractivity (Wildman–Crippen MR) is 427 cm³/mol. The normalized spacial score (nSPS) is 12.9. The van der Waals surface area contributed by atoms with E-state index >= 15 is 0 Å². The minimum absolute atomic E-state index is 0.0330. The number of pyridine rings is 4. The number of nitrogens with one attached hydrogen (secondary N) is 4. The molecule has 19 nitrogen and oxygen atoms in total. The third-order valence-corrected chi connectivity index (χ3v) is 24.3. The number of hydrogen-bond donors (Lipinski definition) is 5. The summed E-state index contributed by atoms with van der Waals surface area (Å²) in [5, 5.41) is 16.7. The molecule has 0 aliphatic heterocycles. The molecule has 108 heavy (non-hydrogen) atoms. The maximum Gasteiger partial charge on any atom is 0.338 e. The topological polar surface area (TPSA) is 283 Å². The highest BCUT2D eigenvalue weighted by Crippen LogP contribution is 2.30. The Kier molecular flexibility index (Phi) is 27.4. The lowest BCUT2D eigenvalue weighted by molar-refractivity contribution is 0.0471. The number of benzene rings is 9. The number of fused-ring (bicyclic) bond motifs is 4. The van der Waals surface area contributed by atoms with Gasteiger partial charge >= 0.3 is 5.97 Å². The number of sulfonamides is 4. The molecule has 0 amide bonds. The highest BCUT2D eigenvalue weighted by Gasteiger charge is 2.26. The number of nitrogens with zero attached hydrogens (tertiary/aromatic N) is 4. The molecule has 4 aromatic heterocycles. The maximum absolute atomic E-state index is 13.1. The van der Waals surface area contributed by atoms with E-state index in [1.54, 1.807) is 171 Å². The largest absolute Gasteiger partial charge is 0.457 e. The Hall–Kier alpha value is -10.0. The summed E-state index contributed by atoms with van der Waals surface area (Å²) in [6, 6.07) is 61.5. The molecule has 13 rings (SSSR count). The average Bonchev–Trinajstić information content (AvgIpc) is 0.816. The van der Waals surface area contributed by atoms with Crippen molar-refractivity contribution in [1.82, 2.24) is 38.8 Å². The Morgan fingerprint density at radius 1 is 0.370 bits per heavy atom. The van der Waals surface area contributed by atoms with Crippen LogP contribution >= 0.6 is 11.6 Å². The summed E-state index contributed by atoms with van der Waals surface area (Å²) in [4.78, 5) is 29.6. The van der Waals surface area contributed by atoms with Gasteiger partial charge in [0.05, 0.1) is 31.8 Å². The molecular weight excluding hydrogens is 1460 g/mol. The smallest absolute Gasteiger partial charge is 0.338 e. The molecule has 0 saturated carbocycles. The van der Waals surface area contributed by atoms with Crippen LogP contribution in [0.1, 0.15) is 138 Å². The van der Waals surface area contributed by atoms with E-state index in [0.29, 0.717) is 36.3 Å². The van der Waals surface area contributed by atoms with Crippen LogP contribution in [-0.4, -0.2) is 64.7 Å². The van der Waals surface area contributed by atoms with Gasteiger partial charge in [-0.3, -0.25) is 19.9 Å². The summed E-state index contributed by atoms with van der Waals surface area (Å²) in [7, 11) is -14.6. The molecular formula is C84H85ClN8O11S4. The number of aliphatic hydroxyl groups is 1. The highest BCUT2D eigenvalue weighted by atomic mass is 35.5. The Bertz CT molecular complexity index is 5590. The molecule has 4 unspecified atom stereocenters. The zero-order valence-corrected chi connectivity index (χ0v) is 64.7. The molecule has 4 atom stereocenters. The summed E-state index contributed by atoms with van der Waals surface area (Å²) in [6.45, 7) is 13.8. The lowest BCUT2D eigenvalue weighted by Gasteiger charge is -2.18. The van der Waals surface area contributed by atoms with Crippen molar-refractivity contribution in [2.45, 2.75) is 131 Å². The van der Waals surface area contributed by atoms with E-state index < -0.39 is 40.1 Å². The number of halogens is 1. The van der Waals surface area contributed by atoms with E-state index in [1.807, 2.05) is 139 Å². The van der Waals surface area contributed by atoms with Crippen LogP contribution in [0.2, 0.25) is 5.02 Å². The summed E-state index contributed by atoms with van der Waals surface area (Å²) in [5.41, 5.74) is 8.86. The second-order valence-corrected chi connectivity index (χ2v) is 33.2. The number of carbonyl (C=O) groups is 1. The van der Waals surface area contributed by atoms with Crippen LogP contribution in [0.3, 0.4) is 0 Å². The second-order valence-electron chi connectivity index (χ2n) is 25.9. The fourth-order valence-corrected chi connectivity index (χ4v) is 17.4. The number of aromatic nitrogens is 4. The fraction of sp³-hybridized carbons (Fsp3) is 0.202. The van der Waals surface area contributed by atoms with E-state index in [1.165, 1.54) is 0 Å². The quantitative estimate of drug-likeness (QED) is 0.0352. The van der Waals surface area contributed by atoms with Crippen LogP contribution in [0, 0.1) is 20.8 Å². The predicted octanol–water partition coefficient (Wildman–Crippen LogP) is 17.1. The molecule has 0 fully saturated rings. The summed E-state index contributed by atoms with van der Waals surface area (Å²) >= 11 is 5.90. The standard InChI is InChI=1S/C28H28N2O4S.C19H20N2O3S.C19H20N2O2S.C18H17ClN2O2S/c1-4-27(30-35(32,33)25-11-10-24-17-29-14-13-23(24)16-25)22-8-6-21(7-9-22)18-34-28(31)26-12-5-19(2)15-20(26)3;1-2-19(15-5-3-14(13-22)4-6-15)21-25(23,24)18-8-7-17-12-20-10-9-16(17)11-18;1-3-19(15-6-4-14(2)5-7-15)21-24(22,23)18-9-8-17-13-20-11-10-16(17)12-18;1-2-18(13-3-6-16(19)7-4-13)21-24(22,23)17-8-5-15-12-20-10-9-14(15)11-17/h5-17,27,30H,4,18H2,1-3H3;3-12,19,21-22H,2,13H2,1H3;4-13,19,21H,3H2,1-2H3;3-12,18,21H,2H2,1H3. The Labute approximate surface area is 637 Å². The molecule has 0 aliphatic rings. The molecule has 0 spiro atoms. The third-order valence-electron chi connectivity index (χ3n) is 18.2. The number of carbonyl (C=O) groups excluding carboxylic acids is 1. The molecule has 0 bridgehead atoms. The number of ether oxygens (including phenoxy) is 1. The van der Waals surface area contributed by atoms with E-state index in [0.717, 1.165) is 93.2 Å². The second kappa shape index (κ2) is 36.7. The van der Waals surface area contributed by atoms with Gasteiger partial charge in [0.15, 0.2) is 0 Å². The molecule has 558 valence electrons. The van der Waals surface area contributed by atoms with E-state index in [2.05, 4.69) is 38.8 Å². The van der Waals surface area contributed by atoms with Gasteiger partial charge in [0.1, 0.15) is 6.61 Å². The number of esters is 1. The molecule has 4 heterocycles. The van der Waals surface area contributed by atoms with Gasteiger partial charge in [-0.25, -0.2) is 57.4 Å². The van der Waals surface area contributed by atoms with Crippen LogP contribution in [-0.2, 0) is 58.0 Å². The van der Waals surface area contributed by atoms with Gasteiger partial charge in [0.2, 0.25) is 40.1 Å². The third kappa shape index (κ3) is 21.2. The van der Waals surface area contributed by atoms with Crippen molar-refractivity contribution in [3.63, 3.8) is 0 Å². The first kappa shape index (κ1) is 80.5. The summed E-state index contributed by atoms with van der Waals surface area (Å²) in [5.74, 6) is -0.364. The van der Waals surface area contributed by atoms with Crippen molar-refractivity contribution in [2.24, 2.45) is 0 Å². The number of aliphatic hydroxyl groups excluding tert-OH is 1. The molecule has 0 radical (unpaired) electrons. The van der Waals surface area contributed by atoms with Crippen LogP contribution in [0.15, 0.2) is 281 Å². The van der Waals surface area contributed by atoms with Crippen LogP contribution in [0.4, 0.5) is 0 Å². The minimum atomic E-state index is -3.72. The summed E-state index contributed by atoms with van der Waals surface area (Å²) in [6.07, 6.45) is 16.0. The minimum Gasteiger partial charge on any atom is -0.457 e. The van der Waals surface area contributed by atoms with Gasteiger partial charge < -0.3 is 9.84 Å². The molecule has 9 aromatic carbocycles. The zero-order valence-electron chi connectivity index (χ0n) is 60.7. The van der Waals surface area contributed by atoms with Crippen LogP contribution in [0.5, 0.6) is 0 Å². The van der Waals surface area contributed by atoms with Crippen molar-refractivity contribution < 1.29 is 48.3 Å². The van der Waals surface area contributed by atoms with Crippen molar-refractivity contribution in [3.8, 4) is 0 Å². The first-order valence-electron chi connectivity index (χ1n) is 35.1. The van der Waals surface area contributed by atoms with Crippen LogP contribution in [0.25, 0.3) is 43.1 Å². The molecule has 0 saturated heterocycles. The fourth-order valence-electron chi connectivity index (χ4n) is 11.9. The lowest BCUT2D eigenvalue weighted by atomic mass is 10.0. The van der Waals surface area contributed by atoms with Crippen molar-refractivity contribution in [2.75, 3.05) is 0 Å². The van der Waals surface area contributed by atoms with Crippen molar-refractivity contribution >= 4 is 101 Å². The van der Waals surface area contributed by atoms with Crippen LogP contribution < -0.4 is 18.9 Å². The van der Waals surface area contributed by atoms with Gasteiger partial charge in [-0.15, -0.1) is 0 Å². The molecule has 24 heteroatoms. The van der Waals surface area contributed by atoms with Crippen molar-refractivity contribution in [1.29, 1.82) is 0 Å². The van der Waals surface area contributed by atoms with Gasteiger partial charge in [0, 0.05) is 100 Å². The zero-order chi connectivity index (χ0) is 77.2. The molecule has 5 N–H and O–H groups in total. The van der Waals surface area contributed by atoms with Gasteiger partial charge in [-0.2, -0.15) is 0 Å². The monoisotopic (exact) mass is 1540 g/mol. The highest BCUT2D eigenvalue weighted by molar-refractivity contribution is 7.90. The Morgan fingerprint density at radius 2 is 0.667 bits per heavy atom. The Balaban J connectivity index is 0.000000156.